The third-order valence-electron chi connectivity index (χ3n) is 3.81. The zero-order chi connectivity index (χ0) is 13.4. The van der Waals surface area contributed by atoms with Crippen molar-refractivity contribution < 1.29 is 21.6 Å². The van der Waals surface area contributed by atoms with Crippen LogP contribution in [0.1, 0.15) is 19.3 Å². The summed E-state index contributed by atoms with van der Waals surface area (Å²) in [6.07, 6.45) is -2.31. The normalized spacial score (nSPS) is 24.4. The molecule has 2 saturated heterocycles. The highest BCUT2D eigenvalue weighted by molar-refractivity contribution is 7.89. The molecule has 2 fully saturated rings. The van der Waals surface area contributed by atoms with E-state index in [4.69, 9.17) is 0 Å². The minimum Gasteiger partial charge on any atom is -0.317 e. The molecule has 0 unspecified atom stereocenters. The van der Waals surface area contributed by atoms with Gasteiger partial charge in [-0.1, -0.05) is 0 Å². The summed E-state index contributed by atoms with van der Waals surface area (Å²) in [5.74, 6) is -1.74. The molecule has 2 heterocycles. The predicted octanol–water partition coefficient (Wildman–Crippen LogP) is 1.38. The first-order valence-electron chi connectivity index (χ1n) is 5.98. The summed E-state index contributed by atoms with van der Waals surface area (Å²) in [6, 6.07) is 0. The van der Waals surface area contributed by atoms with E-state index in [0.717, 1.165) is 30.2 Å². The first-order valence-corrected chi connectivity index (χ1v) is 7.59. The second-order valence-electron chi connectivity index (χ2n) is 5.20. The minimum atomic E-state index is -4.66. The zero-order valence-corrected chi connectivity index (χ0v) is 12.0. The van der Waals surface area contributed by atoms with Gasteiger partial charge < -0.3 is 5.32 Å². The molecule has 0 aliphatic carbocycles. The average molecular weight is 323 g/mol. The van der Waals surface area contributed by atoms with E-state index in [1.165, 1.54) is 0 Å². The Labute approximate surface area is 117 Å². The molecule has 0 aromatic heterocycles. The summed E-state index contributed by atoms with van der Waals surface area (Å²) >= 11 is 0. The molecule has 0 amide bonds. The summed E-state index contributed by atoms with van der Waals surface area (Å²) in [6.45, 7) is 2.09. The fourth-order valence-corrected chi connectivity index (χ4v) is 4.23. The van der Waals surface area contributed by atoms with E-state index in [0.29, 0.717) is 6.42 Å². The Morgan fingerprint density at radius 2 is 1.74 bits per heavy atom. The quantitative estimate of drug-likeness (QED) is 0.835. The molecule has 0 radical (unpaired) electrons. The molecule has 1 spiro atoms. The van der Waals surface area contributed by atoms with Gasteiger partial charge in [-0.3, -0.25) is 0 Å². The maximum absolute atomic E-state index is 12.2. The van der Waals surface area contributed by atoms with Crippen molar-refractivity contribution in [3.05, 3.63) is 0 Å². The van der Waals surface area contributed by atoms with Crippen molar-refractivity contribution in [2.24, 2.45) is 5.41 Å². The third kappa shape index (κ3) is 4.21. The van der Waals surface area contributed by atoms with Crippen molar-refractivity contribution in [3.63, 3.8) is 0 Å². The molecular formula is C10H18ClF3N2O2S. The van der Waals surface area contributed by atoms with Gasteiger partial charge in [0.1, 0.15) is 0 Å². The lowest BCUT2D eigenvalue weighted by molar-refractivity contribution is -0.107. The number of rotatable bonds is 2. The first-order chi connectivity index (χ1) is 8.23. The molecule has 0 bridgehead atoms. The van der Waals surface area contributed by atoms with Crippen LogP contribution in [-0.4, -0.2) is 50.8 Å². The number of nitrogens with one attached hydrogen (secondary N) is 1. The minimum absolute atomic E-state index is 0. The van der Waals surface area contributed by atoms with E-state index >= 15 is 0 Å². The van der Waals surface area contributed by atoms with Crippen LogP contribution in [0.3, 0.4) is 0 Å². The topological polar surface area (TPSA) is 49.4 Å². The summed E-state index contributed by atoms with van der Waals surface area (Å²) in [4.78, 5) is 0. The van der Waals surface area contributed by atoms with Crippen molar-refractivity contribution >= 4 is 22.4 Å². The summed E-state index contributed by atoms with van der Waals surface area (Å²) in [5.41, 5.74) is -0.107. The predicted molar refractivity (Wildman–Crippen MR) is 67.8 cm³/mol. The summed E-state index contributed by atoms with van der Waals surface area (Å²) < 4.78 is 61.0. The Balaban J connectivity index is 0.00000180. The Kier molecular flexibility index (Phi) is 5.14. The number of halogens is 4. The van der Waals surface area contributed by atoms with Gasteiger partial charge in [-0.25, -0.2) is 12.7 Å². The molecule has 114 valence electrons. The highest BCUT2D eigenvalue weighted by Crippen LogP contribution is 2.40. The lowest BCUT2D eigenvalue weighted by atomic mass is 9.78. The molecule has 0 aromatic carbocycles. The van der Waals surface area contributed by atoms with Crippen LogP contribution in [0.2, 0.25) is 0 Å². The molecule has 0 atom stereocenters. The highest BCUT2D eigenvalue weighted by atomic mass is 35.5. The van der Waals surface area contributed by atoms with Gasteiger partial charge in [0, 0.05) is 13.1 Å². The van der Waals surface area contributed by atoms with Crippen LogP contribution in [0.15, 0.2) is 0 Å². The Hall–Kier alpha value is -0.0500. The van der Waals surface area contributed by atoms with Gasteiger partial charge in [0.05, 0.1) is 0 Å². The largest absolute Gasteiger partial charge is 0.404 e. The molecule has 4 nitrogen and oxygen atoms in total. The van der Waals surface area contributed by atoms with Gasteiger partial charge in [0.15, 0.2) is 5.75 Å². The van der Waals surface area contributed by atoms with Crippen LogP contribution in [0, 0.1) is 5.41 Å². The van der Waals surface area contributed by atoms with Crippen molar-refractivity contribution in [2.45, 2.75) is 25.4 Å². The van der Waals surface area contributed by atoms with Crippen LogP contribution >= 0.6 is 12.4 Å². The molecular weight excluding hydrogens is 305 g/mol. The van der Waals surface area contributed by atoms with E-state index in [-0.39, 0.29) is 30.9 Å². The standard InChI is InChI=1S/C10H17F3N2O2S.ClH/c11-10(12,13)8-18(16,17)15-6-3-9(7-15)1-4-14-5-2-9;/h14H,1-8H2;1H. The van der Waals surface area contributed by atoms with Crippen LogP contribution in [-0.2, 0) is 10.0 Å². The number of piperidine rings is 1. The monoisotopic (exact) mass is 322 g/mol. The van der Waals surface area contributed by atoms with Crippen molar-refractivity contribution in [1.82, 2.24) is 9.62 Å². The number of hydrogen-bond donors (Lipinski definition) is 1. The Morgan fingerprint density at radius 1 is 1.16 bits per heavy atom. The van der Waals surface area contributed by atoms with Gasteiger partial charge in [-0.05, 0) is 37.8 Å². The molecule has 1 N–H and O–H groups in total. The van der Waals surface area contributed by atoms with Crippen molar-refractivity contribution in [3.8, 4) is 0 Å². The van der Waals surface area contributed by atoms with E-state index < -0.39 is 22.0 Å². The second kappa shape index (κ2) is 5.75. The van der Waals surface area contributed by atoms with E-state index in [1.807, 2.05) is 0 Å². The van der Waals surface area contributed by atoms with E-state index in [1.54, 1.807) is 0 Å². The SMILES string of the molecule is Cl.O=S(=O)(CC(F)(F)F)N1CCC2(CCNCC2)C1. The molecule has 0 saturated carbocycles. The zero-order valence-electron chi connectivity index (χ0n) is 10.4. The molecule has 19 heavy (non-hydrogen) atoms. The maximum atomic E-state index is 12.2. The Morgan fingerprint density at radius 3 is 2.26 bits per heavy atom. The van der Waals surface area contributed by atoms with Crippen LogP contribution in [0.4, 0.5) is 13.2 Å². The fraction of sp³-hybridized carbons (Fsp3) is 1.00. The van der Waals surface area contributed by atoms with Gasteiger partial charge in [-0.15, -0.1) is 12.4 Å². The number of alkyl halides is 3. The lowest BCUT2D eigenvalue weighted by Crippen LogP contribution is -2.41. The molecule has 9 heteroatoms. The van der Waals surface area contributed by atoms with Gasteiger partial charge >= 0.3 is 6.18 Å². The lowest BCUT2D eigenvalue weighted by Gasteiger charge is -2.33. The van der Waals surface area contributed by atoms with Crippen LogP contribution < -0.4 is 5.32 Å². The van der Waals surface area contributed by atoms with Gasteiger partial charge in [0.2, 0.25) is 10.0 Å². The second-order valence-corrected chi connectivity index (χ2v) is 7.17. The Bertz CT molecular complexity index is 407. The molecule has 0 aromatic rings. The fourth-order valence-electron chi connectivity index (χ4n) is 2.79. The molecule has 2 aliphatic rings. The summed E-state index contributed by atoms with van der Waals surface area (Å²) in [5, 5.41) is 3.18. The van der Waals surface area contributed by atoms with Crippen molar-refractivity contribution in [2.75, 3.05) is 31.9 Å². The first kappa shape index (κ1) is 17.0. The van der Waals surface area contributed by atoms with Gasteiger partial charge in [0.25, 0.3) is 0 Å². The number of nitrogens with zero attached hydrogens (tertiary/aromatic N) is 1. The molecule has 2 aliphatic heterocycles. The maximum Gasteiger partial charge on any atom is 0.404 e. The third-order valence-corrected chi connectivity index (χ3v) is 5.60. The number of hydrogen-bond acceptors (Lipinski definition) is 3. The molecule has 2 rings (SSSR count). The van der Waals surface area contributed by atoms with E-state index in [2.05, 4.69) is 5.32 Å². The van der Waals surface area contributed by atoms with Crippen LogP contribution in [0.5, 0.6) is 0 Å². The van der Waals surface area contributed by atoms with Gasteiger partial charge in [-0.2, -0.15) is 13.2 Å². The smallest absolute Gasteiger partial charge is 0.317 e. The average Bonchev–Trinajstić information content (AvgIpc) is 2.60. The number of sulfonamides is 1. The van der Waals surface area contributed by atoms with Crippen LogP contribution in [0.25, 0.3) is 0 Å². The van der Waals surface area contributed by atoms with E-state index in [9.17, 15) is 21.6 Å². The van der Waals surface area contributed by atoms with Crippen molar-refractivity contribution in [1.29, 1.82) is 0 Å². The highest BCUT2D eigenvalue weighted by Gasteiger charge is 2.46. The summed E-state index contributed by atoms with van der Waals surface area (Å²) in [7, 11) is -4.21.